The maximum Gasteiger partial charge on any atom is 0.223 e. The molecular formula is C44H61N6O2S2+. The minimum Gasteiger partial charge on any atom is -0.394 e. The topological polar surface area (TPSA) is 63.0 Å². The Morgan fingerprint density at radius 1 is 0.648 bits per heavy atom. The third kappa shape index (κ3) is 16.7. The Kier molecular flexibility index (Phi) is 20.2. The molecule has 0 saturated heterocycles. The maximum atomic E-state index is 12.7. The zero-order valence-corrected chi connectivity index (χ0v) is 35.0. The van der Waals surface area contributed by atoms with Crippen molar-refractivity contribution in [1.82, 2.24) is 15.1 Å². The van der Waals surface area contributed by atoms with Crippen LogP contribution in [-0.4, -0.2) is 94.5 Å². The molecule has 2 amide bonds. The zero-order valence-electron chi connectivity index (χ0n) is 33.4. The first-order valence-corrected chi connectivity index (χ1v) is 21.2. The Balaban J connectivity index is 1.22. The van der Waals surface area contributed by atoms with Crippen LogP contribution in [0.1, 0.15) is 49.3 Å². The van der Waals surface area contributed by atoms with Gasteiger partial charge in [-0.1, -0.05) is 76.2 Å². The number of amides is 2. The monoisotopic (exact) mass is 769 g/mol. The lowest BCUT2D eigenvalue weighted by molar-refractivity contribution is -0.671. The van der Waals surface area contributed by atoms with E-state index in [1.807, 2.05) is 74.2 Å². The standard InChI is InChI=1S/C44H61N6O2S2/c1-8-37(23-28-45-2)11-12-38-15-19-41(20-16-38)47(4)29-9-31-49(6)43(51)26-35-53-54-36-27-44(52)50(7)32-10-30-48(5)42-21-17-39(18-22-42)13-14-40-24-33-46(3)34-25-40/h8,11-25,28,33-34,45H,9-10,26-27,29-32,35-36H2,1-7H3/q+1/b12-11+,28-23-,37-8-. The van der Waals surface area contributed by atoms with Gasteiger partial charge in [-0.15, -0.1) is 0 Å². The summed E-state index contributed by atoms with van der Waals surface area (Å²) < 4.78 is 2.03. The highest BCUT2D eigenvalue weighted by molar-refractivity contribution is 8.76. The average molecular weight is 770 g/mol. The molecule has 3 aromatic rings. The van der Waals surface area contributed by atoms with Crippen molar-refractivity contribution in [3.05, 3.63) is 120 Å². The van der Waals surface area contributed by atoms with Gasteiger partial charge < -0.3 is 24.9 Å². The van der Waals surface area contributed by atoms with Crippen molar-refractivity contribution in [1.29, 1.82) is 0 Å². The molecule has 1 N–H and O–H groups in total. The predicted molar refractivity (Wildman–Crippen MR) is 236 cm³/mol. The van der Waals surface area contributed by atoms with E-state index in [1.165, 1.54) is 5.56 Å². The fourth-order valence-electron chi connectivity index (χ4n) is 5.47. The van der Waals surface area contributed by atoms with Crippen LogP contribution in [0.15, 0.2) is 103 Å². The number of allylic oxidation sites excluding steroid dienone is 4. The van der Waals surface area contributed by atoms with Gasteiger partial charge in [0.15, 0.2) is 12.4 Å². The number of benzene rings is 2. The molecule has 0 aliphatic heterocycles. The van der Waals surface area contributed by atoms with Crippen LogP contribution in [0, 0.1) is 0 Å². The second kappa shape index (κ2) is 24.8. The van der Waals surface area contributed by atoms with E-state index in [1.54, 1.807) is 21.6 Å². The van der Waals surface area contributed by atoms with Crippen LogP contribution in [0.2, 0.25) is 0 Å². The van der Waals surface area contributed by atoms with Crippen molar-refractivity contribution in [3.8, 4) is 0 Å². The van der Waals surface area contributed by atoms with Crippen LogP contribution in [0.4, 0.5) is 11.4 Å². The van der Waals surface area contributed by atoms with Gasteiger partial charge in [-0.3, -0.25) is 9.59 Å². The van der Waals surface area contributed by atoms with E-state index >= 15 is 0 Å². The number of carbonyl (C=O) groups is 2. The first-order valence-electron chi connectivity index (χ1n) is 18.8. The number of pyridine rings is 1. The molecule has 2 aromatic carbocycles. The lowest BCUT2D eigenvalue weighted by Crippen LogP contribution is -2.30. The van der Waals surface area contributed by atoms with Crippen LogP contribution in [0.5, 0.6) is 0 Å². The van der Waals surface area contributed by atoms with Crippen molar-refractivity contribution in [2.45, 2.75) is 32.6 Å². The minimum absolute atomic E-state index is 0.165. The molecule has 0 radical (unpaired) electrons. The average Bonchev–Trinajstić information content (AvgIpc) is 3.19. The summed E-state index contributed by atoms with van der Waals surface area (Å²) in [5.41, 5.74) is 6.96. The highest BCUT2D eigenvalue weighted by Crippen LogP contribution is 2.23. The van der Waals surface area contributed by atoms with Crippen LogP contribution >= 0.6 is 21.6 Å². The van der Waals surface area contributed by atoms with Crippen molar-refractivity contribution < 1.29 is 14.2 Å². The third-order valence-electron chi connectivity index (χ3n) is 9.09. The van der Waals surface area contributed by atoms with E-state index in [-0.39, 0.29) is 11.8 Å². The molecule has 0 spiro atoms. The van der Waals surface area contributed by atoms with Crippen LogP contribution < -0.4 is 19.7 Å². The number of nitrogens with one attached hydrogen (secondary N) is 1. The van der Waals surface area contributed by atoms with Gasteiger partial charge in [0.2, 0.25) is 11.8 Å². The highest BCUT2D eigenvalue weighted by atomic mass is 33.1. The number of hydrogen-bond acceptors (Lipinski definition) is 7. The van der Waals surface area contributed by atoms with Gasteiger partial charge in [-0.05, 0) is 78.6 Å². The number of aromatic nitrogens is 1. The Bertz CT molecular complexity index is 1670. The summed E-state index contributed by atoms with van der Waals surface area (Å²) >= 11 is 0. The van der Waals surface area contributed by atoms with Gasteiger partial charge in [-0.2, -0.15) is 0 Å². The number of anilines is 2. The molecule has 0 unspecified atom stereocenters. The van der Waals surface area contributed by atoms with Crippen molar-refractivity contribution >= 4 is 63.0 Å². The molecule has 0 aliphatic rings. The maximum absolute atomic E-state index is 12.7. The zero-order chi connectivity index (χ0) is 39.1. The van der Waals surface area contributed by atoms with Crippen molar-refractivity contribution in [2.24, 2.45) is 7.05 Å². The third-order valence-corrected chi connectivity index (χ3v) is 11.5. The molecule has 1 heterocycles. The van der Waals surface area contributed by atoms with E-state index in [0.717, 1.165) is 78.6 Å². The van der Waals surface area contributed by atoms with E-state index in [4.69, 9.17) is 0 Å². The molecule has 290 valence electrons. The van der Waals surface area contributed by atoms with E-state index < -0.39 is 0 Å². The summed E-state index contributed by atoms with van der Waals surface area (Å²) in [6, 6.07) is 21.3. The number of rotatable bonds is 23. The van der Waals surface area contributed by atoms with Gasteiger partial charge in [0.1, 0.15) is 7.05 Å². The van der Waals surface area contributed by atoms with Crippen molar-refractivity contribution in [2.75, 3.05) is 82.7 Å². The SMILES string of the molecule is C/C=C(\C=C/NC)/C=C/c1ccc(N(C)CCCN(C)C(=O)CCSSCCC(=O)N(C)CCCN(C)c2ccc(/C=C/c3cc[n+](C)cc3)cc2)cc1. The number of nitrogens with zero attached hydrogens (tertiary/aromatic N) is 5. The predicted octanol–water partition coefficient (Wildman–Crippen LogP) is 7.81. The lowest BCUT2D eigenvalue weighted by atomic mass is 10.1. The molecular weight excluding hydrogens is 709 g/mol. The quantitative estimate of drug-likeness (QED) is 0.0457. The van der Waals surface area contributed by atoms with Gasteiger partial charge >= 0.3 is 0 Å². The Labute approximate surface area is 333 Å². The summed E-state index contributed by atoms with van der Waals surface area (Å²) in [7, 11) is 15.2. The molecule has 0 aliphatic carbocycles. The smallest absolute Gasteiger partial charge is 0.223 e. The summed E-state index contributed by atoms with van der Waals surface area (Å²) in [4.78, 5) is 33.5. The molecule has 0 saturated carbocycles. The summed E-state index contributed by atoms with van der Waals surface area (Å²) in [5.74, 6) is 1.82. The Morgan fingerprint density at radius 2 is 1.09 bits per heavy atom. The fourth-order valence-corrected chi connectivity index (χ4v) is 7.43. The molecule has 54 heavy (non-hydrogen) atoms. The van der Waals surface area contributed by atoms with E-state index in [2.05, 4.69) is 120 Å². The molecule has 10 heteroatoms. The summed E-state index contributed by atoms with van der Waals surface area (Å²) in [6.07, 6.45) is 21.4. The Morgan fingerprint density at radius 3 is 1.54 bits per heavy atom. The number of carbonyl (C=O) groups excluding carboxylic acids is 2. The van der Waals surface area contributed by atoms with Crippen LogP contribution in [0.25, 0.3) is 18.2 Å². The lowest BCUT2D eigenvalue weighted by Gasteiger charge is -2.22. The van der Waals surface area contributed by atoms with Gasteiger partial charge in [0.05, 0.1) is 0 Å². The second-order valence-corrected chi connectivity index (χ2v) is 16.1. The van der Waals surface area contributed by atoms with Crippen LogP contribution in [-0.2, 0) is 16.6 Å². The van der Waals surface area contributed by atoms with Gasteiger partial charge in [0, 0.05) is 109 Å². The molecule has 0 atom stereocenters. The van der Waals surface area contributed by atoms with Gasteiger partial charge in [-0.25, -0.2) is 4.57 Å². The molecule has 0 bridgehead atoms. The fraction of sp³-hybridized carbons (Fsp3) is 0.386. The summed E-state index contributed by atoms with van der Waals surface area (Å²) in [5, 5.41) is 3.02. The van der Waals surface area contributed by atoms with Gasteiger partial charge in [0.25, 0.3) is 0 Å². The molecule has 1 aromatic heterocycles. The number of aryl methyl sites for hydroxylation is 1. The summed E-state index contributed by atoms with van der Waals surface area (Å²) in [6.45, 7) is 5.23. The second-order valence-electron chi connectivity index (χ2n) is 13.4. The van der Waals surface area contributed by atoms with Crippen molar-refractivity contribution in [3.63, 3.8) is 0 Å². The van der Waals surface area contributed by atoms with E-state index in [0.29, 0.717) is 12.8 Å². The minimum atomic E-state index is 0.165. The van der Waals surface area contributed by atoms with E-state index in [9.17, 15) is 9.59 Å². The molecule has 0 fully saturated rings. The highest BCUT2D eigenvalue weighted by Gasteiger charge is 2.12. The largest absolute Gasteiger partial charge is 0.394 e. The number of hydrogen-bond donors (Lipinski definition) is 1. The first kappa shape index (κ1) is 44.0. The molecule has 3 rings (SSSR count). The van der Waals surface area contributed by atoms with Crippen LogP contribution in [0.3, 0.4) is 0 Å². The normalized spacial score (nSPS) is 11.8. The first-order chi connectivity index (χ1) is 26.1. The Hall–Kier alpha value is -4.41. The molecule has 8 nitrogen and oxygen atoms in total.